The van der Waals surface area contributed by atoms with Crippen LogP contribution in [0.3, 0.4) is 0 Å². The molecule has 0 unspecified atom stereocenters. The number of hydrogen-bond acceptors (Lipinski definition) is 12. The highest BCUT2D eigenvalue weighted by atomic mass is 16.4. The summed E-state index contributed by atoms with van der Waals surface area (Å²) in [5, 5.41) is 78.3. The number of benzene rings is 9. The molecule has 86 heavy (non-hydrogen) atoms. The number of aromatic carboxylic acids is 8. The molecule has 0 fully saturated rings. The van der Waals surface area contributed by atoms with Gasteiger partial charge in [0.15, 0.2) is 0 Å². The topological polar surface area (TPSA) is 350 Å². The van der Waals surface area contributed by atoms with E-state index in [1.54, 1.807) is 109 Å². The van der Waals surface area contributed by atoms with Gasteiger partial charge in [-0.25, -0.2) is 58.3 Å². The number of aromatic nitrogens is 4. The quantitative estimate of drug-likeness (QED) is 0.0417. The number of carboxylic acid groups (broad SMARTS) is 8. The highest BCUT2D eigenvalue weighted by Gasteiger charge is 2.22. The van der Waals surface area contributed by atoms with Crippen molar-refractivity contribution in [1.82, 2.24) is 19.9 Å². The molecule has 0 amide bonds. The number of carboxylic acids is 8. The molecule has 9 aromatic carbocycles. The summed E-state index contributed by atoms with van der Waals surface area (Å²) in [5.74, 6) is -10.6. The van der Waals surface area contributed by atoms with Gasteiger partial charge in [0.05, 0.1) is 89.4 Å². The van der Waals surface area contributed by atoms with Crippen molar-refractivity contribution in [2.75, 3.05) is 0 Å². The van der Waals surface area contributed by atoms with Crippen LogP contribution >= 0.6 is 0 Å². The normalized spacial score (nSPS) is 11.1. The van der Waals surface area contributed by atoms with Gasteiger partial charge < -0.3 is 40.9 Å². The van der Waals surface area contributed by atoms with Crippen LogP contribution in [0.2, 0.25) is 0 Å². The van der Waals surface area contributed by atoms with Crippen molar-refractivity contribution in [1.29, 1.82) is 0 Å². The second-order valence-corrected chi connectivity index (χ2v) is 19.6. The minimum Gasteiger partial charge on any atom is -0.478 e. The van der Waals surface area contributed by atoms with Crippen LogP contribution in [0.25, 0.3) is 112 Å². The van der Waals surface area contributed by atoms with Crippen LogP contribution in [-0.2, 0) is 0 Å². The van der Waals surface area contributed by atoms with E-state index in [1.807, 2.05) is 0 Å². The molecule has 20 heteroatoms. The van der Waals surface area contributed by atoms with Crippen LogP contribution < -0.4 is 0 Å². The lowest BCUT2D eigenvalue weighted by atomic mass is 9.95. The third-order valence-electron chi connectivity index (χ3n) is 14.1. The van der Waals surface area contributed by atoms with Crippen LogP contribution in [0.1, 0.15) is 82.9 Å². The van der Waals surface area contributed by atoms with E-state index >= 15 is 0 Å². The van der Waals surface area contributed by atoms with Gasteiger partial charge in [0.2, 0.25) is 0 Å². The number of hydrogen-bond donors (Lipinski definition) is 8. The fourth-order valence-electron chi connectivity index (χ4n) is 9.86. The minimum atomic E-state index is -1.32. The predicted molar refractivity (Wildman–Crippen MR) is 312 cm³/mol. The number of nitrogens with zero attached hydrogens (tertiary/aromatic N) is 4. The van der Waals surface area contributed by atoms with Crippen LogP contribution in [0.15, 0.2) is 182 Å². The third kappa shape index (κ3) is 11.0. The predicted octanol–water partition coefficient (Wildman–Crippen LogP) is 12.5. The van der Waals surface area contributed by atoms with Gasteiger partial charge in [0.25, 0.3) is 0 Å². The molecular weight excluding hydrogens is 1100 g/mol. The van der Waals surface area contributed by atoms with E-state index in [1.165, 1.54) is 48.5 Å². The zero-order chi connectivity index (χ0) is 60.8. The van der Waals surface area contributed by atoms with Gasteiger partial charge in [-0.1, -0.05) is 97.1 Å². The summed E-state index contributed by atoms with van der Waals surface area (Å²) < 4.78 is 0. The van der Waals surface area contributed by atoms with Crippen molar-refractivity contribution < 1.29 is 79.2 Å². The Labute approximate surface area is 483 Å². The van der Waals surface area contributed by atoms with Crippen molar-refractivity contribution in [3.63, 3.8) is 0 Å². The zero-order valence-corrected chi connectivity index (χ0v) is 44.0. The first kappa shape index (κ1) is 55.3. The molecule has 418 valence electrons. The molecule has 2 aromatic heterocycles. The molecule has 0 spiro atoms. The number of fused-ring (bicyclic) bond motifs is 2. The Morgan fingerprint density at radius 1 is 0.186 bits per heavy atom. The van der Waals surface area contributed by atoms with E-state index in [9.17, 15) is 79.2 Å². The highest BCUT2D eigenvalue weighted by molar-refractivity contribution is 6.01. The summed E-state index contributed by atoms with van der Waals surface area (Å²) in [6, 6.07) is 45.4. The summed E-state index contributed by atoms with van der Waals surface area (Å²) in [6.45, 7) is 0. The number of rotatable bonds is 16. The maximum atomic E-state index is 12.0. The van der Waals surface area contributed by atoms with Crippen LogP contribution in [-0.4, -0.2) is 109 Å². The molecule has 11 aromatic rings. The fourth-order valence-corrected chi connectivity index (χ4v) is 9.86. The molecule has 20 nitrogen and oxygen atoms in total. The van der Waals surface area contributed by atoms with Crippen molar-refractivity contribution in [3.8, 4) is 89.5 Å². The van der Waals surface area contributed by atoms with E-state index in [0.29, 0.717) is 112 Å². The summed E-state index contributed by atoms with van der Waals surface area (Å²) in [5.41, 5.74) is 6.09. The molecule has 0 saturated heterocycles. The summed E-state index contributed by atoms with van der Waals surface area (Å²) in [6.07, 6.45) is 0. The van der Waals surface area contributed by atoms with E-state index in [2.05, 4.69) is 0 Å². The Morgan fingerprint density at radius 2 is 0.326 bits per heavy atom. The SMILES string of the molecule is O=C(O)c1cc(C(=O)O)cc(-c2ccc(-c3nc4cc5nc(-c6ccc(-c7cc(C(=O)O)cc(C(=O)O)c7)cc6)c(-c6ccc(-c7cc(C(=O)O)cc(C(=O)O)c7)cc6)nc5cc4nc3-c3ccc(-c4cc(C(=O)O)cc(C(=O)O)c4)cc3)cc2)c1. The molecule has 2 heterocycles. The second kappa shape index (κ2) is 22.1. The average molecular weight is 1140 g/mol. The monoisotopic (exact) mass is 1140 g/mol. The van der Waals surface area contributed by atoms with Crippen molar-refractivity contribution in [2.24, 2.45) is 0 Å². The fraction of sp³-hybridized carbons (Fsp3) is 0. The lowest BCUT2D eigenvalue weighted by Crippen LogP contribution is -2.03. The molecule has 8 N–H and O–H groups in total. The first-order valence-corrected chi connectivity index (χ1v) is 25.6. The largest absolute Gasteiger partial charge is 0.478 e. The van der Waals surface area contributed by atoms with Crippen molar-refractivity contribution in [2.45, 2.75) is 0 Å². The molecule has 0 radical (unpaired) electrons. The Bertz CT molecular complexity index is 4030. The van der Waals surface area contributed by atoms with Gasteiger partial charge in [-0.3, -0.25) is 0 Å². The molecule has 0 bridgehead atoms. The second-order valence-electron chi connectivity index (χ2n) is 19.6. The van der Waals surface area contributed by atoms with Gasteiger partial charge in [0, 0.05) is 22.3 Å². The molecule has 0 saturated carbocycles. The molecule has 0 aliphatic carbocycles. The minimum absolute atomic E-state index is 0.234. The van der Waals surface area contributed by atoms with Crippen LogP contribution in [0.4, 0.5) is 0 Å². The standard InChI is InChI=1S/C66H38N4O16/c71-59(72)43-17-39(18-44(25-43)60(73)74)31-1-9-35(10-2-31)55-56(36-11-3-32(4-12-36)40-19-45(61(75)76)26-46(20-40)62(77)78)68-52-30-54-53(29-51(52)67-55)69-57(37-13-5-33(6-14-37)41-21-47(63(79)80)27-48(22-41)64(81)82)58(70-54)38-15-7-34(8-16-38)42-23-49(65(83)84)28-50(24-42)66(85)86/h1-30H,(H,71,72)(H,73,74)(H,75,76)(H,77,78)(H,79,80)(H,81,82)(H,83,84)(H,85,86). The highest BCUT2D eigenvalue weighted by Crippen LogP contribution is 2.39. The van der Waals surface area contributed by atoms with E-state index in [0.717, 1.165) is 24.3 Å². The smallest absolute Gasteiger partial charge is 0.335 e. The summed E-state index contributed by atoms with van der Waals surface area (Å²) in [7, 11) is 0. The Kier molecular flexibility index (Phi) is 14.2. The summed E-state index contributed by atoms with van der Waals surface area (Å²) >= 11 is 0. The lowest BCUT2D eigenvalue weighted by Gasteiger charge is -2.15. The first-order chi connectivity index (χ1) is 41.1. The Hall–Kier alpha value is -12.6. The Balaban J connectivity index is 1.08. The van der Waals surface area contributed by atoms with E-state index in [-0.39, 0.29) is 44.5 Å². The molecule has 0 aliphatic rings. The van der Waals surface area contributed by atoms with E-state index < -0.39 is 47.8 Å². The summed E-state index contributed by atoms with van der Waals surface area (Å²) in [4.78, 5) is 117. The third-order valence-corrected chi connectivity index (χ3v) is 14.1. The molecule has 0 aliphatic heterocycles. The molecule has 11 rings (SSSR count). The van der Waals surface area contributed by atoms with Gasteiger partial charge in [0.1, 0.15) is 0 Å². The molecular formula is C66H38N4O16. The van der Waals surface area contributed by atoms with Gasteiger partial charge in [-0.05, 0) is 129 Å². The van der Waals surface area contributed by atoms with Gasteiger partial charge in [-0.2, -0.15) is 0 Å². The maximum absolute atomic E-state index is 12.0. The van der Waals surface area contributed by atoms with Gasteiger partial charge >= 0.3 is 47.8 Å². The molecule has 0 atom stereocenters. The van der Waals surface area contributed by atoms with Crippen LogP contribution in [0, 0.1) is 0 Å². The zero-order valence-electron chi connectivity index (χ0n) is 44.0. The van der Waals surface area contributed by atoms with E-state index in [4.69, 9.17) is 19.9 Å². The first-order valence-electron chi connectivity index (χ1n) is 25.6. The number of carbonyl (C=O) groups is 8. The van der Waals surface area contributed by atoms with Crippen molar-refractivity contribution >= 4 is 69.8 Å². The maximum Gasteiger partial charge on any atom is 0.335 e. The average Bonchev–Trinajstić information content (AvgIpc) is 1.01. The lowest BCUT2D eigenvalue weighted by molar-refractivity contribution is 0.0676. The van der Waals surface area contributed by atoms with Crippen LogP contribution in [0.5, 0.6) is 0 Å². The van der Waals surface area contributed by atoms with Gasteiger partial charge in [-0.15, -0.1) is 0 Å². The Morgan fingerprint density at radius 3 is 0.465 bits per heavy atom. The van der Waals surface area contributed by atoms with Crippen molar-refractivity contribution in [3.05, 3.63) is 226 Å².